The molecule has 3 amide bonds. The molecule has 0 spiro atoms. The number of imide groups is 1. The van der Waals surface area contributed by atoms with E-state index in [9.17, 15) is 9.59 Å². The van der Waals surface area contributed by atoms with E-state index in [1.807, 2.05) is 37.3 Å². The van der Waals surface area contributed by atoms with Crippen molar-refractivity contribution in [2.75, 3.05) is 6.54 Å². The van der Waals surface area contributed by atoms with Gasteiger partial charge in [-0.1, -0.05) is 37.3 Å². The monoisotopic (exact) mass is 276 g/mol. The van der Waals surface area contributed by atoms with Gasteiger partial charge in [0.2, 0.25) is 5.91 Å². The molecule has 2 unspecified atom stereocenters. The van der Waals surface area contributed by atoms with Gasteiger partial charge in [0.1, 0.15) is 12.2 Å². The highest BCUT2D eigenvalue weighted by Gasteiger charge is 2.38. The van der Waals surface area contributed by atoms with Crippen LogP contribution in [0.3, 0.4) is 0 Å². The van der Waals surface area contributed by atoms with E-state index in [4.69, 9.17) is 5.73 Å². The summed E-state index contributed by atoms with van der Waals surface area (Å²) in [6.07, 6.45) is 0.228. The van der Waals surface area contributed by atoms with E-state index in [-0.39, 0.29) is 5.91 Å². The number of nitrogens with two attached hydrogens (primary N) is 1. The zero-order valence-electron chi connectivity index (χ0n) is 11.5. The number of benzene rings is 1. The minimum absolute atomic E-state index is 0.361. The summed E-state index contributed by atoms with van der Waals surface area (Å²) >= 11 is 0. The molecule has 2 rings (SSSR count). The van der Waals surface area contributed by atoms with E-state index < -0.39 is 18.2 Å². The van der Waals surface area contributed by atoms with E-state index in [1.165, 1.54) is 4.90 Å². The number of amides is 3. The first kappa shape index (κ1) is 14.5. The maximum Gasteiger partial charge on any atom is 0.325 e. The Morgan fingerprint density at radius 3 is 2.65 bits per heavy atom. The van der Waals surface area contributed by atoms with Crippen LogP contribution in [0.2, 0.25) is 0 Å². The van der Waals surface area contributed by atoms with E-state index >= 15 is 0 Å². The highest BCUT2D eigenvalue weighted by molar-refractivity contribution is 6.00. The van der Waals surface area contributed by atoms with Crippen molar-refractivity contribution < 1.29 is 9.59 Å². The smallest absolute Gasteiger partial charge is 0.309 e. The molecule has 20 heavy (non-hydrogen) atoms. The normalized spacial score (nSPS) is 22.8. The molecule has 6 heteroatoms. The summed E-state index contributed by atoms with van der Waals surface area (Å²) in [6, 6.07) is 8.55. The van der Waals surface area contributed by atoms with Gasteiger partial charge in [-0.15, -0.1) is 0 Å². The number of rotatable bonds is 5. The summed E-state index contributed by atoms with van der Waals surface area (Å²) in [6.45, 7) is 3.07. The summed E-state index contributed by atoms with van der Waals surface area (Å²) in [5, 5.41) is 5.42. The molecule has 0 radical (unpaired) electrons. The molecule has 4 N–H and O–H groups in total. The van der Waals surface area contributed by atoms with Crippen molar-refractivity contribution in [1.82, 2.24) is 15.5 Å². The molecule has 108 valence electrons. The molecule has 0 aromatic heterocycles. The first-order valence-corrected chi connectivity index (χ1v) is 6.78. The minimum Gasteiger partial charge on any atom is -0.309 e. The minimum atomic E-state index is -0.664. The third-order valence-corrected chi connectivity index (χ3v) is 3.28. The second kappa shape index (κ2) is 6.49. The Balaban J connectivity index is 2.10. The quantitative estimate of drug-likeness (QED) is 0.726. The van der Waals surface area contributed by atoms with Crippen LogP contribution in [-0.2, 0) is 11.3 Å². The molecule has 1 aliphatic rings. The number of hydrogen-bond donors (Lipinski definition) is 3. The average Bonchev–Trinajstić information content (AvgIpc) is 2.44. The zero-order valence-corrected chi connectivity index (χ0v) is 11.5. The van der Waals surface area contributed by atoms with Gasteiger partial charge in [-0.3, -0.25) is 10.1 Å². The van der Waals surface area contributed by atoms with Crippen molar-refractivity contribution in [3.8, 4) is 0 Å². The van der Waals surface area contributed by atoms with Crippen LogP contribution in [0, 0.1) is 0 Å². The molecular weight excluding hydrogens is 256 g/mol. The molecule has 0 bridgehead atoms. The van der Waals surface area contributed by atoms with Crippen molar-refractivity contribution in [3.63, 3.8) is 0 Å². The summed E-state index contributed by atoms with van der Waals surface area (Å²) < 4.78 is 0. The molecule has 1 aromatic rings. The molecular formula is C14H20N4O2. The molecule has 1 fully saturated rings. The first-order valence-electron chi connectivity index (χ1n) is 6.78. The fourth-order valence-corrected chi connectivity index (χ4v) is 2.20. The fraction of sp³-hybridized carbons (Fsp3) is 0.429. The Morgan fingerprint density at radius 1 is 1.30 bits per heavy atom. The number of nitrogens with one attached hydrogen (secondary N) is 2. The second-order valence-electron chi connectivity index (χ2n) is 4.83. The highest BCUT2D eigenvalue weighted by atomic mass is 16.2. The molecule has 1 heterocycles. The third kappa shape index (κ3) is 3.15. The van der Waals surface area contributed by atoms with Crippen molar-refractivity contribution >= 4 is 11.9 Å². The van der Waals surface area contributed by atoms with Gasteiger partial charge >= 0.3 is 6.03 Å². The van der Waals surface area contributed by atoms with Crippen molar-refractivity contribution in [1.29, 1.82) is 0 Å². The summed E-state index contributed by atoms with van der Waals surface area (Å²) in [4.78, 5) is 25.2. The van der Waals surface area contributed by atoms with Crippen molar-refractivity contribution in [3.05, 3.63) is 35.9 Å². The van der Waals surface area contributed by atoms with Crippen LogP contribution < -0.4 is 16.4 Å². The van der Waals surface area contributed by atoms with E-state index in [0.29, 0.717) is 13.1 Å². The Hall–Kier alpha value is -1.92. The van der Waals surface area contributed by atoms with Crippen molar-refractivity contribution in [2.45, 2.75) is 32.1 Å². The molecule has 6 nitrogen and oxygen atoms in total. The first-order chi connectivity index (χ1) is 9.63. The van der Waals surface area contributed by atoms with Crippen LogP contribution in [0.1, 0.15) is 18.9 Å². The third-order valence-electron chi connectivity index (χ3n) is 3.28. The second-order valence-corrected chi connectivity index (χ2v) is 4.83. The molecule has 0 aliphatic carbocycles. The van der Waals surface area contributed by atoms with Crippen LogP contribution in [-0.4, -0.2) is 35.6 Å². The van der Waals surface area contributed by atoms with Gasteiger partial charge in [-0.2, -0.15) is 0 Å². The average molecular weight is 276 g/mol. The Morgan fingerprint density at radius 2 is 2.00 bits per heavy atom. The Labute approximate surface area is 118 Å². The Bertz CT molecular complexity index is 477. The number of hydrogen-bond acceptors (Lipinski definition) is 4. The molecule has 1 saturated heterocycles. The van der Waals surface area contributed by atoms with Gasteiger partial charge in [-0.05, 0) is 18.5 Å². The number of nitrogens with zero attached hydrogens (tertiary/aromatic N) is 1. The highest BCUT2D eigenvalue weighted by Crippen LogP contribution is 2.12. The summed E-state index contributed by atoms with van der Waals surface area (Å²) in [5.74, 6) is -0.361. The largest absolute Gasteiger partial charge is 0.325 e. The van der Waals surface area contributed by atoms with E-state index in [2.05, 4.69) is 10.6 Å². The van der Waals surface area contributed by atoms with Crippen molar-refractivity contribution in [2.24, 2.45) is 5.73 Å². The maximum absolute atomic E-state index is 11.9. The SMILES string of the molecule is CCCNC1C(=O)NC(=O)N(Cc2ccccc2)C1N. The standard InChI is InChI=1S/C14H20N4O2/c1-2-8-16-11-12(15)18(14(20)17-13(11)19)9-10-6-4-3-5-7-10/h3-7,11-12,16H,2,8-9,15H2,1H3,(H,17,19,20). The van der Waals surface area contributed by atoms with E-state index in [0.717, 1.165) is 12.0 Å². The molecule has 1 aromatic carbocycles. The summed E-state index contributed by atoms with van der Waals surface area (Å²) in [7, 11) is 0. The maximum atomic E-state index is 11.9. The van der Waals surface area contributed by atoms with Gasteiger partial charge < -0.3 is 16.0 Å². The predicted molar refractivity (Wildman–Crippen MR) is 75.6 cm³/mol. The number of carbonyl (C=O) groups is 2. The van der Waals surface area contributed by atoms with Crippen LogP contribution in [0.15, 0.2) is 30.3 Å². The lowest BCUT2D eigenvalue weighted by atomic mass is 10.1. The molecule has 2 atom stereocenters. The number of carbonyl (C=O) groups excluding carboxylic acids is 2. The lowest BCUT2D eigenvalue weighted by molar-refractivity contribution is -0.125. The van der Waals surface area contributed by atoms with Gasteiger partial charge in [0, 0.05) is 6.54 Å². The summed E-state index contributed by atoms with van der Waals surface area (Å²) in [5.41, 5.74) is 7.05. The van der Waals surface area contributed by atoms with E-state index in [1.54, 1.807) is 0 Å². The van der Waals surface area contributed by atoms with Crippen LogP contribution >= 0.6 is 0 Å². The molecule has 1 aliphatic heterocycles. The fourth-order valence-electron chi connectivity index (χ4n) is 2.20. The zero-order chi connectivity index (χ0) is 14.5. The topological polar surface area (TPSA) is 87.5 Å². The van der Waals surface area contributed by atoms with Gasteiger partial charge in [0.25, 0.3) is 0 Å². The van der Waals surface area contributed by atoms with Crippen LogP contribution in [0.5, 0.6) is 0 Å². The lowest BCUT2D eigenvalue weighted by Gasteiger charge is -2.38. The van der Waals surface area contributed by atoms with Gasteiger partial charge in [0.15, 0.2) is 0 Å². The number of urea groups is 1. The van der Waals surface area contributed by atoms with Gasteiger partial charge in [-0.25, -0.2) is 4.79 Å². The lowest BCUT2D eigenvalue weighted by Crippen LogP contribution is -2.69. The van der Waals surface area contributed by atoms with Gasteiger partial charge in [0.05, 0.1) is 0 Å². The molecule has 0 saturated carbocycles. The van der Waals surface area contributed by atoms with Crippen LogP contribution in [0.4, 0.5) is 4.79 Å². The predicted octanol–water partition coefficient (Wildman–Crippen LogP) is 0.391. The van der Waals surface area contributed by atoms with Crippen LogP contribution in [0.25, 0.3) is 0 Å². The Kier molecular flexibility index (Phi) is 4.70.